The summed E-state index contributed by atoms with van der Waals surface area (Å²) in [5.74, 6) is 5.53. The van der Waals surface area contributed by atoms with Crippen LogP contribution in [0.5, 0.6) is 0 Å². The van der Waals surface area contributed by atoms with Gasteiger partial charge in [0.1, 0.15) is 0 Å². The van der Waals surface area contributed by atoms with Gasteiger partial charge in [-0.05, 0) is 24.3 Å². The number of nitrogens with two attached hydrogens (primary N) is 1. The van der Waals surface area contributed by atoms with Crippen molar-refractivity contribution in [3.63, 3.8) is 0 Å². The van der Waals surface area contributed by atoms with Gasteiger partial charge in [-0.15, -0.1) is 22.7 Å². The minimum absolute atomic E-state index is 0.0278. The molecule has 0 unspecified atom stereocenters. The summed E-state index contributed by atoms with van der Waals surface area (Å²) in [7, 11) is 0. The fourth-order valence-electron chi connectivity index (χ4n) is 1.27. The molecule has 0 spiro atoms. The van der Waals surface area contributed by atoms with Crippen LogP contribution in [-0.2, 0) is 0 Å². The zero-order valence-corrected chi connectivity index (χ0v) is 10.7. The topological polar surface area (TPSA) is 38.0 Å². The lowest BCUT2D eigenvalue weighted by Crippen LogP contribution is -2.27. The van der Waals surface area contributed by atoms with Gasteiger partial charge in [0.05, 0.1) is 14.7 Å². The first-order chi connectivity index (χ1) is 7.20. The second kappa shape index (κ2) is 4.82. The van der Waals surface area contributed by atoms with Crippen LogP contribution in [0.1, 0.15) is 15.8 Å². The van der Waals surface area contributed by atoms with Gasteiger partial charge in [0.25, 0.3) is 0 Å². The van der Waals surface area contributed by atoms with E-state index in [1.54, 1.807) is 0 Å². The fraction of sp³-hybridized carbons (Fsp3) is 0.111. The molecule has 2 nitrogen and oxygen atoms in total. The van der Waals surface area contributed by atoms with Crippen LogP contribution < -0.4 is 11.3 Å². The standard InChI is InChI=1S/C9H8Cl2N2S2/c10-7-3-1-5(14-7)9(13-12)6-2-4-8(11)15-6/h1-4,9,13H,12H2. The lowest BCUT2D eigenvalue weighted by atomic mass is 10.2. The van der Waals surface area contributed by atoms with Crippen LogP contribution in [0.4, 0.5) is 0 Å². The molecule has 2 aromatic heterocycles. The van der Waals surface area contributed by atoms with E-state index in [-0.39, 0.29) is 6.04 Å². The van der Waals surface area contributed by atoms with Gasteiger partial charge in [-0.2, -0.15) is 0 Å². The van der Waals surface area contributed by atoms with Crippen molar-refractivity contribution in [2.24, 2.45) is 5.84 Å². The SMILES string of the molecule is NNC(c1ccc(Cl)s1)c1ccc(Cl)s1. The summed E-state index contributed by atoms with van der Waals surface area (Å²) in [5.41, 5.74) is 2.76. The van der Waals surface area contributed by atoms with Gasteiger partial charge in [0.2, 0.25) is 0 Å². The van der Waals surface area contributed by atoms with Gasteiger partial charge in [-0.3, -0.25) is 5.84 Å². The molecule has 0 aliphatic carbocycles. The van der Waals surface area contributed by atoms with E-state index in [0.717, 1.165) is 18.4 Å². The molecule has 2 rings (SSSR count). The molecule has 0 aromatic carbocycles. The molecule has 0 atom stereocenters. The summed E-state index contributed by atoms with van der Waals surface area (Å²) < 4.78 is 1.51. The number of hydrazine groups is 1. The molecule has 15 heavy (non-hydrogen) atoms. The first-order valence-electron chi connectivity index (χ1n) is 4.17. The third-order valence-corrected chi connectivity index (χ3v) is 4.52. The van der Waals surface area contributed by atoms with E-state index in [2.05, 4.69) is 5.43 Å². The number of nitrogens with one attached hydrogen (secondary N) is 1. The molecule has 6 heteroatoms. The maximum absolute atomic E-state index is 5.88. The normalized spacial score (nSPS) is 11.2. The highest BCUT2D eigenvalue weighted by atomic mass is 35.5. The number of hydrogen-bond acceptors (Lipinski definition) is 4. The lowest BCUT2D eigenvalue weighted by molar-refractivity contribution is 0.656. The van der Waals surface area contributed by atoms with Crippen LogP contribution in [0.3, 0.4) is 0 Å². The second-order valence-corrected chi connectivity index (χ2v) is 6.38. The smallest absolute Gasteiger partial charge is 0.0931 e. The highest BCUT2D eigenvalue weighted by molar-refractivity contribution is 7.17. The van der Waals surface area contributed by atoms with Crippen molar-refractivity contribution >= 4 is 45.9 Å². The van der Waals surface area contributed by atoms with Gasteiger partial charge in [0.15, 0.2) is 0 Å². The van der Waals surface area contributed by atoms with E-state index in [4.69, 9.17) is 29.0 Å². The van der Waals surface area contributed by atoms with Crippen LogP contribution in [0.25, 0.3) is 0 Å². The number of hydrogen-bond donors (Lipinski definition) is 2. The van der Waals surface area contributed by atoms with Crippen molar-refractivity contribution in [3.8, 4) is 0 Å². The minimum Gasteiger partial charge on any atom is -0.271 e. The maximum atomic E-state index is 5.88. The van der Waals surface area contributed by atoms with Crippen LogP contribution in [-0.4, -0.2) is 0 Å². The highest BCUT2D eigenvalue weighted by Gasteiger charge is 2.16. The number of halogens is 2. The first-order valence-corrected chi connectivity index (χ1v) is 6.56. The molecule has 3 N–H and O–H groups in total. The first kappa shape index (κ1) is 11.4. The summed E-state index contributed by atoms with van der Waals surface area (Å²) in [5, 5.41) is 0. The van der Waals surface area contributed by atoms with Crippen molar-refractivity contribution in [3.05, 3.63) is 42.7 Å². The molecule has 0 radical (unpaired) electrons. The molecule has 0 aliphatic rings. The van der Waals surface area contributed by atoms with Crippen LogP contribution in [0, 0.1) is 0 Å². The zero-order valence-electron chi connectivity index (χ0n) is 7.54. The monoisotopic (exact) mass is 278 g/mol. The number of thiophene rings is 2. The van der Waals surface area contributed by atoms with E-state index >= 15 is 0 Å². The van der Waals surface area contributed by atoms with Crippen molar-refractivity contribution in [1.82, 2.24) is 5.43 Å². The quantitative estimate of drug-likeness (QED) is 0.664. The van der Waals surface area contributed by atoms with Crippen LogP contribution in [0.15, 0.2) is 24.3 Å². The van der Waals surface area contributed by atoms with Gasteiger partial charge in [0, 0.05) is 9.75 Å². The summed E-state index contributed by atoms with van der Waals surface area (Å²) in [6, 6.07) is 7.62. The Hall–Kier alpha value is -0.100. The largest absolute Gasteiger partial charge is 0.271 e. The van der Waals surface area contributed by atoms with Gasteiger partial charge in [-0.25, -0.2) is 5.43 Å². The van der Waals surface area contributed by atoms with E-state index < -0.39 is 0 Å². The third kappa shape index (κ3) is 2.53. The average Bonchev–Trinajstić information content (AvgIpc) is 2.78. The summed E-state index contributed by atoms with van der Waals surface area (Å²) in [6.45, 7) is 0. The zero-order chi connectivity index (χ0) is 10.8. The third-order valence-electron chi connectivity index (χ3n) is 1.92. The Labute approximate surface area is 106 Å². The van der Waals surface area contributed by atoms with Crippen molar-refractivity contribution in [2.45, 2.75) is 6.04 Å². The van der Waals surface area contributed by atoms with E-state index in [1.165, 1.54) is 22.7 Å². The molecule has 2 heterocycles. The Morgan fingerprint density at radius 1 is 1.00 bits per heavy atom. The van der Waals surface area contributed by atoms with Crippen LogP contribution in [0.2, 0.25) is 8.67 Å². The summed E-state index contributed by atoms with van der Waals surface area (Å²) >= 11 is 14.8. The maximum Gasteiger partial charge on any atom is 0.0931 e. The summed E-state index contributed by atoms with van der Waals surface area (Å²) in [4.78, 5) is 2.17. The highest BCUT2D eigenvalue weighted by Crippen LogP contribution is 2.34. The molecule has 2 aromatic rings. The Morgan fingerprint density at radius 3 is 1.73 bits per heavy atom. The Morgan fingerprint density at radius 2 is 1.47 bits per heavy atom. The molecule has 80 valence electrons. The van der Waals surface area contributed by atoms with Crippen molar-refractivity contribution in [1.29, 1.82) is 0 Å². The molecular formula is C9H8Cl2N2S2. The molecule has 0 saturated heterocycles. The second-order valence-electron chi connectivity index (χ2n) is 2.88. The Kier molecular flexibility index (Phi) is 3.66. The summed E-state index contributed by atoms with van der Waals surface area (Å²) in [6.07, 6.45) is 0. The van der Waals surface area contributed by atoms with E-state index in [9.17, 15) is 0 Å². The van der Waals surface area contributed by atoms with Gasteiger partial charge in [-0.1, -0.05) is 23.2 Å². The predicted molar refractivity (Wildman–Crippen MR) is 67.8 cm³/mol. The van der Waals surface area contributed by atoms with Crippen LogP contribution >= 0.6 is 45.9 Å². The molecule has 0 fully saturated rings. The van der Waals surface area contributed by atoms with Crippen molar-refractivity contribution in [2.75, 3.05) is 0 Å². The average molecular weight is 279 g/mol. The molecule has 0 aliphatic heterocycles. The Balaban J connectivity index is 2.32. The fourth-order valence-corrected chi connectivity index (χ4v) is 3.63. The van der Waals surface area contributed by atoms with E-state index in [1.807, 2.05) is 24.3 Å². The van der Waals surface area contributed by atoms with Gasteiger partial charge < -0.3 is 0 Å². The van der Waals surface area contributed by atoms with Gasteiger partial charge >= 0.3 is 0 Å². The van der Waals surface area contributed by atoms with Crippen molar-refractivity contribution < 1.29 is 0 Å². The molecule has 0 bridgehead atoms. The minimum atomic E-state index is -0.0278. The molecular weight excluding hydrogens is 271 g/mol. The number of rotatable bonds is 3. The molecule has 0 amide bonds. The predicted octanol–water partition coefficient (Wildman–Crippen LogP) is 3.67. The molecule has 0 saturated carbocycles. The lowest BCUT2D eigenvalue weighted by Gasteiger charge is -2.11. The Bertz CT molecular complexity index is 412. The van der Waals surface area contributed by atoms with E-state index in [0.29, 0.717) is 0 Å².